The average molecular weight is 362 g/mol. The number of carbonyl (C=O) groups is 3. The number of ketones is 1. The van der Waals surface area contributed by atoms with Crippen molar-refractivity contribution in [2.24, 2.45) is 0 Å². The van der Waals surface area contributed by atoms with Gasteiger partial charge in [0.2, 0.25) is 0 Å². The highest BCUT2D eigenvalue weighted by Gasteiger charge is 2.26. The quantitative estimate of drug-likeness (QED) is 0.493. The fourth-order valence-corrected chi connectivity index (χ4v) is 2.76. The van der Waals surface area contributed by atoms with Gasteiger partial charge in [0.15, 0.2) is 12.4 Å². The van der Waals surface area contributed by atoms with E-state index in [0.717, 1.165) is 13.0 Å². The first-order valence-electron chi connectivity index (χ1n) is 8.83. The molecular formula is C19H26N2O5. The fraction of sp³-hybridized carbons (Fsp3) is 0.526. The molecule has 0 saturated heterocycles. The number of esters is 1. The molecule has 142 valence electrons. The van der Waals surface area contributed by atoms with Gasteiger partial charge in [0.05, 0.1) is 18.7 Å². The largest absolute Gasteiger partial charge is 0.482 e. The van der Waals surface area contributed by atoms with E-state index in [9.17, 15) is 14.4 Å². The normalized spacial score (nSPS) is 13.4. The van der Waals surface area contributed by atoms with Crippen LogP contribution in [0.15, 0.2) is 18.2 Å². The summed E-state index contributed by atoms with van der Waals surface area (Å²) in [6.07, 6.45) is 0.942. The van der Waals surface area contributed by atoms with Crippen LogP contribution in [0.5, 0.6) is 5.75 Å². The summed E-state index contributed by atoms with van der Waals surface area (Å²) in [7, 11) is 3.96. The van der Waals surface area contributed by atoms with Gasteiger partial charge in [-0.25, -0.2) is 0 Å². The summed E-state index contributed by atoms with van der Waals surface area (Å²) in [5, 5.41) is 0. The van der Waals surface area contributed by atoms with Gasteiger partial charge in [-0.05, 0) is 52.2 Å². The highest BCUT2D eigenvalue weighted by molar-refractivity contribution is 6.02. The summed E-state index contributed by atoms with van der Waals surface area (Å²) in [6.45, 7) is 3.45. The Morgan fingerprint density at radius 3 is 2.73 bits per heavy atom. The SMILES string of the molecule is CCOC(=O)CCC(=O)c1ccc2c(c1)N(CCCN(C)C)C(=O)CO2. The van der Waals surface area contributed by atoms with E-state index in [2.05, 4.69) is 4.90 Å². The van der Waals surface area contributed by atoms with E-state index in [-0.39, 0.29) is 37.1 Å². The average Bonchev–Trinajstić information content (AvgIpc) is 2.61. The Hall–Kier alpha value is -2.41. The second kappa shape index (κ2) is 9.33. The van der Waals surface area contributed by atoms with Gasteiger partial charge >= 0.3 is 5.97 Å². The minimum atomic E-state index is -0.386. The van der Waals surface area contributed by atoms with Gasteiger partial charge in [-0.3, -0.25) is 14.4 Å². The number of Topliss-reactive ketones (excluding diaryl/α,β-unsaturated/α-hetero) is 1. The van der Waals surface area contributed by atoms with E-state index in [1.165, 1.54) is 0 Å². The molecule has 26 heavy (non-hydrogen) atoms. The summed E-state index contributed by atoms with van der Waals surface area (Å²) in [5.41, 5.74) is 1.07. The molecule has 0 atom stereocenters. The molecule has 0 spiro atoms. The number of amides is 1. The smallest absolute Gasteiger partial charge is 0.306 e. The van der Waals surface area contributed by atoms with Crippen LogP contribution < -0.4 is 9.64 Å². The molecule has 0 saturated carbocycles. The zero-order chi connectivity index (χ0) is 19.1. The molecular weight excluding hydrogens is 336 g/mol. The van der Waals surface area contributed by atoms with Gasteiger partial charge in [0, 0.05) is 18.5 Å². The van der Waals surface area contributed by atoms with Crippen LogP contribution in [0.25, 0.3) is 0 Å². The summed E-state index contributed by atoms with van der Waals surface area (Å²) in [5.74, 6) is -0.0708. The lowest BCUT2D eigenvalue weighted by Crippen LogP contribution is -2.40. The standard InChI is InChI=1S/C19H26N2O5/c1-4-25-19(24)9-7-16(22)14-6-8-17-15(12-14)21(18(23)13-26-17)11-5-10-20(2)3/h6,8,12H,4-5,7,9-11,13H2,1-3H3. The highest BCUT2D eigenvalue weighted by Crippen LogP contribution is 2.33. The predicted molar refractivity (Wildman–Crippen MR) is 97.7 cm³/mol. The molecule has 2 rings (SSSR count). The number of carbonyl (C=O) groups excluding carboxylic acids is 3. The van der Waals surface area contributed by atoms with Gasteiger partial charge in [0.25, 0.3) is 5.91 Å². The summed E-state index contributed by atoms with van der Waals surface area (Å²) >= 11 is 0. The molecule has 1 aliphatic heterocycles. The zero-order valence-electron chi connectivity index (χ0n) is 15.6. The summed E-state index contributed by atoms with van der Waals surface area (Å²) in [6, 6.07) is 5.05. The van der Waals surface area contributed by atoms with Crippen molar-refractivity contribution in [1.82, 2.24) is 4.90 Å². The number of benzene rings is 1. The van der Waals surface area contributed by atoms with Crippen molar-refractivity contribution < 1.29 is 23.9 Å². The van der Waals surface area contributed by atoms with Crippen LogP contribution in [-0.4, -0.2) is 63.0 Å². The van der Waals surface area contributed by atoms with E-state index >= 15 is 0 Å². The molecule has 1 aromatic rings. The molecule has 0 aromatic heterocycles. The van der Waals surface area contributed by atoms with Crippen LogP contribution in [0.3, 0.4) is 0 Å². The Bertz CT molecular complexity index is 672. The van der Waals surface area contributed by atoms with Crippen molar-refractivity contribution in [3.63, 3.8) is 0 Å². The number of fused-ring (bicyclic) bond motifs is 1. The number of rotatable bonds is 9. The maximum atomic E-state index is 12.4. The van der Waals surface area contributed by atoms with Crippen LogP contribution in [0, 0.1) is 0 Å². The van der Waals surface area contributed by atoms with Gasteiger partial charge in [-0.15, -0.1) is 0 Å². The Kier molecular flexibility index (Phi) is 7.15. The minimum Gasteiger partial charge on any atom is -0.482 e. The maximum Gasteiger partial charge on any atom is 0.306 e. The van der Waals surface area contributed by atoms with Crippen molar-refractivity contribution in [2.75, 3.05) is 45.3 Å². The maximum absolute atomic E-state index is 12.4. The number of hydrogen-bond acceptors (Lipinski definition) is 6. The van der Waals surface area contributed by atoms with Crippen molar-refractivity contribution in [1.29, 1.82) is 0 Å². The predicted octanol–water partition coefficient (Wildman–Crippen LogP) is 1.89. The lowest BCUT2D eigenvalue weighted by Gasteiger charge is -2.30. The lowest BCUT2D eigenvalue weighted by atomic mass is 10.0. The van der Waals surface area contributed by atoms with Crippen molar-refractivity contribution >= 4 is 23.3 Å². The van der Waals surface area contributed by atoms with E-state index in [1.54, 1.807) is 30.0 Å². The number of hydrogen-bond donors (Lipinski definition) is 0. The number of nitrogens with zero attached hydrogens (tertiary/aromatic N) is 2. The Balaban J connectivity index is 2.10. The topological polar surface area (TPSA) is 76.2 Å². The van der Waals surface area contributed by atoms with Gasteiger partial charge in [-0.2, -0.15) is 0 Å². The molecule has 0 bridgehead atoms. The lowest BCUT2D eigenvalue weighted by molar-refractivity contribution is -0.143. The molecule has 0 fully saturated rings. The zero-order valence-corrected chi connectivity index (χ0v) is 15.6. The molecule has 0 unspecified atom stereocenters. The Labute approximate surface area is 153 Å². The Morgan fingerprint density at radius 2 is 2.04 bits per heavy atom. The third kappa shape index (κ3) is 5.29. The fourth-order valence-electron chi connectivity index (χ4n) is 2.76. The van der Waals surface area contributed by atoms with E-state index in [4.69, 9.17) is 9.47 Å². The van der Waals surface area contributed by atoms with E-state index < -0.39 is 0 Å². The van der Waals surface area contributed by atoms with Crippen molar-refractivity contribution in [3.05, 3.63) is 23.8 Å². The third-order valence-corrected chi connectivity index (χ3v) is 4.07. The summed E-state index contributed by atoms with van der Waals surface area (Å²) < 4.78 is 10.3. The second-order valence-corrected chi connectivity index (χ2v) is 6.40. The number of ether oxygens (including phenoxy) is 2. The van der Waals surface area contributed by atoms with Crippen molar-refractivity contribution in [3.8, 4) is 5.75 Å². The molecule has 7 nitrogen and oxygen atoms in total. The van der Waals surface area contributed by atoms with Crippen LogP contribution in [0.4, 0.5) is 5.69 Å². The molecule has 1 aliphatic rings. The van der Waals surface area contributed by atoms with Crippen LogP contribution in [0.1, 0.15) is 36.5 Å². The van der Waals surface area contributed by atoms with E-state index in [0.29, 0.717) is 30.2 Å². The molecule has 0 aliphatic carbocycles. The third-order valence-electron chi connectivity index (χ3n) is 4.07. The Morgan fingerprint density at radius 1 is 1.27 bits per heavy atom. The first-order valence-corrected chi connectivity index (χ1v) is 8.83. The minimum absolute atomic E-state index is 0.00508. The van der Waals surface area contributed by atoms with Gasteiger partial charge < -0.3 is 19.3 Å². The van der Waals surface area contributed by atoms with Gasteiger partial charge in [0.1, 0.15) is 5.75 Å². The molecule has 0 radical (unpaired) electrons. The summed E-state index contributed by atoms with van der Waals surface area (Å²) in [4.78, 5) is 39.8. The van der Waals surface area contributed by atoms with Crippen molar-refractivity contribution in [2.45, 2.75) is 26.2 Å². The molecule has 0 N–H and O–H groups in total. The molecule has 7 heteroatoms. The van der Waals surface area contributed by atoms with Crippen LogP contribution in [-0.2, 0) is 14.3 Å². The highest BCUT2D eigenvalue weighted by atomic mass is 16.5. The van der Waals surface area contributed by atoms with E-state index in [1.807, 2.05) is 14.1 Å². The molecule has 1 heterocycles. The van der Waals surface area contributed by atoms with Crippen LogP contribution in [0.2, 0.25) is 0 Å². The monoisotopic (exact) mass is 362 g/mol. The molecule has 1 aromatic carbocycles. The molecule has 1 amide bonds. The van der Waals surface area contributed by atoms with Crippen LogP contribution >= 0.6 is 0 Å². The number of anilines is 1. The van der Waals surface area contributed by atoms with Gasteiger partial charge in [-0.1, -0.05) is 0 Å². The first-order chi connectivity index (χ1) is 12.4. The second-order valence-electron chi connectivity index (χ2n) is 6.40. The first kappa shape index (κ1) is 19.9.